The molecule has 3 nitrogen and oxygen atoms in total. The Morgan fingerprint density at radius 1 is 1.24 bits per heavy atom. The van der Waals surface area contributed by atoms with Gasteiger partial charge in [-0.25, -0.2) is 0 Å². The molecule has 21 heavy (non-hydrogen) atoms. The fraction of sp³-hybridized carbons (Fsp3) is 0.611. The van der Waals surface area contributed by atoms with E-state index in [4.69, 9.17) is 10.8 Å². The van der Waals surface area contributed by atoms with Crippen molar-refractivity contribution in [2.75, 3.05) is 0 Å². The molecule has 110 valence electrons. The highest BCUT2D eigenvalue weighted by molar-refractivity contribution is 5.81. The zero-order valence-electron chi connectivity index (χ0n) is 12.6. The normalized spacial score (nSPS) is 37.9. The van der Waals surface area contributed by atoms with Crippen LogP contribution in [-0.2, 0) is 13.5 Å². The van der Waals surface area contributed by atoms with Gasteiger partial charge in [0.25, 0.3) is 0 Å². The molecule has 0 aliphatic heterocycles. The van der Waals surface area contributed by atoms with Crippen molar-refractivity contribution in [3.63, 3.8) is 0 Å². The predicted octanol–water partition coefficient (Wildman–Crippen LogP) is 2.74. The second kappa shape index (κ2) is 4.10. The van der Waals surface area contributed by atoms with E-state index in [1.165, 1.54) is 35.9 Å². The second-order valence-corrected chi connectivity index (χ2v) is 7.52. The van der Waals surface area contributed by atoms with Crippen LogP contribution in [0.15, 0.2) is 24.3 Å². The van der Waals surface area contributed by atoms with Crippen molar-refractivity contribution in [2.45, 2.75) is 31.7 Å². The summed E-state index contributed by atoms with van der Waals surface area (Å²) in [5.41, 5.74) is 9.02. The number of para-hydroxylation sites is 1. The highest BCUT2D eigenvalue weighted by Gasteiger charge is 2.66. The Balaban J connectivity index is 1.40. The number of fused-ring (bicyclic) bond motifs is 6. The minimum atomic E-state index is 0.307. The summed E-state index contributed by atoms with van der Waals surface area (Å²) in [5.74, 6) is 4.74. The van der Waals surface area contributed by atoms with Gasteiger partial charge in [0, 0.05) is 24.9 Å². The molecule has 3 aliphatic rings. The van der Waals surface area contributed by atoms with Gasteiger partial charge >= 0.3 is 0 Å². The molecule has 1 heterocycles. The standard InChI is InChI=1S/C18H23N3/c1-21-15-5-3-2-4-12(15)14(20-21)9-13(19)18-16-10-6-7-11(8-10)17(16)18/h2-5,10-11,13,16-18H,6-9,19H2,1H3. The van der Waals surface area contributed by atoms with Crippen LogP contribution in [0, 0.1) is 29.6 Å². The molecule has 1 aromatic carbocycles. The zero-order chi connectivity index (χ0) is 14.1. The highest BCUT2D eigenvalue weighted by atomic mass is 15.3. The van der Waals surface area contributed by atoms with Crippen LogP contribution >= 0.6 is 0 Å². The molecular formula is C18H23N3. The Hall–Kier alpha value is -1.35. The zero-order valence-corrected chi connectivity index (χ0v) is 12.6. The minimum absolute atomic E-state index is 0.307. The molecule has 3 heteroatoms. The average Bonchev–Trinajstić information content (AvgIpc) is 2.77. The SMILES string of the molecule is Cn1nc(CC(N)C2C3C4CCC(C4)C23)c2ccccc21. The van der Waals surface area contributed by atoms with Crippen molar-refractivity contribution in [2.24, 2.45) is 42.4 Å². The van der Waals surface area contributed by atoms with E-state index in [0.29, 0.717) is 6.04 Å². The van der Waals surface area contributed by atoms with Crippen LogP contribution in [0.3, 0.4) is 0 Å². The number of hydrogen-bond acceptors (Lipinski definition) is 2. The maximum atomic E-state index is 6.60. The summed E-state index contributed by atoms with van der Waals surface area (Å²) in [4.78, 5) is 0. The summed E-state index contributed by atoms with van der Waals surface area (Å²) in [6.45, 7) is 0. The summed E-state index contributed by atoms with van der Waals surface area (Å²) >= 11 is 0. The molecule has 3 aliphatic carbocycles. The number of hydrogen-bond donors (Lipinski definition) is 1. The topological polar surface area (TPSA) is 43.8 Å². The number of rotatable bonds is 3. The van der Waals surface area contributed by atoms with Crippen LogP contribution in [0.4, 0.5) is 0 Å². The lowest BCUT2D eigenvalue weighted by molar-refractivity contribution is 0.408. The van der Waals surface area contributed by atoms with E-state index in [2.05, 4.69) is 24.3 Å². The first-order valence-electron chi connectivity index (χ1n) is 8.40. The summed E-state index contributed by atoms with van der Waals surface area (Å²) in [5, 5.41) is 6.01. The van der Waals surface area contributed by atoms with Crippen LogP contribution < -0.4 is 5.73 Å². The van der Waals surface area contributed by atoms with E-state index in [-0.39, 0.29) is 0 Å². The van der Waals surface area contributed by atoms with Gasteiger partial charge in [0.05, 0.1) is 11.2 Å². The molecule has 0 spiro atoms. The number of aryl methyl sites for hydroxylation is 1. The van der Waals surface area contributed by atoms with Gasteiger partial charge in [-0.2, -0.15) is 5.10 Å². The third-order valence-electron chi connectivity index (χ3n) is 6.55. The molecule has 1 aromatic heterocycles. The van der Waals surface area contributed by atoms with Crippen molar-refractivity contribution < 1.29 is 0 Å². The summed E-state index contributed by atoms with van der Waals surface area (Å²) in [6, 6.07) is 8.81. The van der Waals surface area contributed by atoms with Gasteiger partial charge < -0.3 is 5.73 Å². The number of nitrogens with two attached hydrogens (primary N) is 1. The third-order valence-corrected chi connectivity index (χ3v) is 6.55. The van der Waals surface area contributed by atoms with Gasteiger partial charge in [-0.05, 0) is 54.9 Å². The first-order chi connectivity index (χ1) is 10.2. The first kappa shape index (κ1) is 12.2. The summed E-state index contributed by atoms with van der Waals surface area (Å²) in [7, 11) is 2.03. The van der Waals surface area contributed by atoms with Gasteiger partial charge in [-0.15, -0.1) is 0 Å². The molecule has 3 fully saturated rings. The number of nitrogens with zero attached hydrogens (tertiary/aromatic N) is 2. The maximum absolute atomic E-state index is 6.60. The van der Waals surface area contributed by atoms with Crippen molar-refractivity contribution in [3.05, 3.63) is 30.0 Å². The van der Waals surface area contributed by atoms with E-state index >= 15 is 0 Å². The monoisotopic (exact) mass is 281 g/mol. The fourth-order valence-corrected chi connectivity index (χ4v) is 5.76. The van der Waals surface area contributed by atoms with Gasteiger partial charge in [0.1, 0.15) is 0 Å². The highest BCUT2D eigenvalue weighted by Crippen LogP contribution is 2.70. The van der Waals surface area contributed by atoms with E-state index in [0.717, 1.165) is 36.0 Å². The molecule has 0 saturated heterocycles. The molecular weight excluding hydrogens is 258 g/mol. The van der Waals surface area contributed by atoms with Gasteiger partial charge in [0.15, 0.2) is 0 Å². The lowest BCUT2D eigenvalue weighted by atomic mass is 9.95. The van der Waals surface area contributed by atoms with Crippen LogP contribution in [0.1, 0.15) is 25.0 Å². The molecule has 5 atom stereocenters. The van der Waals surface area contributed by atoms with Gasteiger partial charge in [-0.1, -0.05) is 18.2 Å². The Bertz CT molecular complexity index is 688. The molecule has 0 amide bonds. The van der Waals surface area contributed by atoms with E-state index in [1.807, 2.05) is 11.7 Å². The maximum Gasteiger partial charge on any atom is 0.0718 e. The van der Waals surface area contributed by atoms with Crippen molar-refractivity contribution >= 4 is 10.9 Å². The molecule has 2 bridgehead atoms. The Labute approximate surface area is 125 Å². The average molecular weight is 281 g/mol. The van der Waals surface area contributed by atoms with Crippen LogP contribution in [0.2, 0.25) is 0 Å². The number of aromatic nitrogens is 2. The molecule has 5 unspecified atom stereocenters. The molecule has 2 aromatic rings. The summed E-state index contributed by atoms with van der Waals surface area (Å²) in [6.07, 6.45) is 5.40. The second-order valence-electron chi connectivity index (χ2n) is 7.52. The van der Waals surface area contributed by atoms with Crippen molar-refractivity contribution in [1.82, 2.24) is 9.78 Å². The quantitative estimate of drug-likeness (QED) is 0.940. The van der Waals surface area contributed by atoms with Gasteiger partial charge in [0.2, 0.25) is 0 Å². The van der Waals surface area contributed by atoms with E-state index in [1.54, 1.807) is 0 Å². The Kier molecular flexibility index (Phi) is 2.38. The van der Waals surface area contributed by atoms with Crippen LogP contribution in [0.5, 0.6) is 0 Å². The van der Waals surface area contributed by atoms with Crippen molar-refractivity contribution in [3.8, 4) is 0 Å². The molecule has 0 radical (unpaired) electrons. The molecule has 3 saturated carbocycles. The van der Waals surface area contributed by atoms with Crippen molar-refractivity contribution in [1.29, 1.82) is 0 Å². The lowest BCUT2D eigenvalue weighted by Crippen LogP contribution is -2.29. The first-order valence-corrected chi connectivity index (χ1v) is 8.40. The smallest absolute Gasteiger partial charge is 0.0718 e. The minimum Gasteiger partial charge on any atom is -0.327 e. The lowest BCUT2D eigenvalue weighted by Gasteiger charge is -2.15. The Morgan fingerprint density at radius 2 is 1.95 bits per heavy atom. The Morgan fingerprint density at radius 3 is 2.71 bits per heavy atom. The van der Waals surface area contributed by atoms with Crippen LogP contribution in [-0.4, -0.2) is 15.8 Å². The van der Waals surface area contributed by atoms with Crippen LogP contribution in [0.25, 0.3) is 10.9 Å². The third kappa shape index (κ3) is 1.61. The predicted molar refractivity (Wildman–Crippen MR) is 83.7 cm³/mol. The molecule has 5 rings (SSSR count). The summed E-state index contributed by atoms with van der Waals surface area (Å²) < 4.78 is 1.99. The van der Waals surface area contributed by atoms with E-state index < -0.39 is 0 Å². The largest absolute Gasteiger partial charge is 0.327 e. The van der Waals surface area contributed by atoms with Gasteiger partial charge in [-0.3, -0.25) is 4.68 Å². The molecule has 2 N–H and O–H groups in total. The van der Waals surface area contributed by atoms with E-state index in [9.17, 15) is 0 Å². The number of benzene rings is 1. The fourth-order valence-electron chi connectivity index (χ4n) is 5.76.